The molecule has 5 heteroatoms. The van der Waals surface area contributed by atoms with Gasteiger partial charge in [0.05, 0.1) is 10.7 Å². The third-order valence-corrected chi connectivity index (χ3v) is 5.21. The Kier molecular flexibility index (Phi) is 4.30. The predicted molar refractivity (Wildman–Crippen MR) is 77.3 cm³/mol. The van der Waals surface area contributed by atoms with E-state index in [4.69, 9.17) is 10.5 Å². The highest BCUT2D eigenvalue weighted by molar-refractivity contribution is 7.09. The highest BCUT2D eigenvalue weighted by Crippen LogP contribution is 2.42. The van der Waals surface area contributed by atoms with Crippen LogP contribution in [0.25, 0.3) is 0 Å². The summed E-state index contributed by atoms with van der Waals surface area (Å²) < 4.78 is 5.39. The second kappa shape index (κ2) is 5.48. The first-order chi connectivity index (χ1) is 8.89. The van der Waals surface area contributed by atoms with Crippen molar-refractivity contribution < 1.29 is 9.84 Å². The maximum atomic E-state index is 10.7. The summed E-state index contributed by atoms with van der Waals surface area (Å²) in [6.07, 6.45) is 1.01. The molecule has 1 atom stereocenters. The first kappa shape index (κ1) is 14.9. The Morgan fingerprint density at radius 2 is 2.11 bits per heavy atom. The van der Waals surface area contributed by atoms with Crippen molar-refractivity contribution in [2.45, 2.75) is 45.1 Å². The van der Waals surface area contributed by atoms with Gasteiger partial charge in [-0.25, -0.2) is 4.98 Å². The van der Waals surface area contributed by atoms with E-state index in [1.54, 1.807) is 11.3 Å². The van der Waals surface area contributed by atoms with Crippen LogP contribution in [0.4, 0.5) is 0 Å². The largest absolute Gasteiger partial charge is 0.386 e. The van der Waals surface area contributed by atoms with E-state index in [9.17, 15) is 5.11 Å². The van der Waals surface area contributed by atoms with Crippen molar-refractivity contribution in [3.8, 4) is 0 Å². The van der Waals surface area contributed by atoms with E-state index in [1.807, 2.05) is 5.38 Å². The van der Waals surface area contributed by atoms with Gasteiger partial charge in [0.2, 0.25) is 0 Å². The topological polar surface area (TPSA) is 68.4 Å². The Labute approximate surface area is 119 Å². The summed E-state index contributed by atoms with van der Waals surface area (Å²) >= 11 is 1.61. The van der Waals surface area contributed by atoms with Gasteiger partial charge in [-0.2, -0.15) is 0 Å². The molecule has 2 heterocycles. The zero-order chi connectivity index (χ0) is 14.1. The number of rotatable bonds is 3. The van der Waals surface area contributed by atoms with Crippen LogP contribution in [-0.2, 0) is 10.2 Å². The lowest BCUT2D eigenvalue weighted by Gasteiger charge is -2.39. The number of hydrogen-bond acceptors (Lipinski definition) is 5. The van der Waals surface area contributed by atoms with Crippen molar-refractivity contribution in [2.75, 3.05) is 19.8 Å². The molecule has 1 fully saturated rings. The molecule has 108 valence electrons. The minimum atomic E-state index is -0.589. The number of nitrogens with zero attached hydrogens (tertiary/aromatic N) is 1. The second-order valence-corrected chi connectivity index (χ2v) is 7.27. The molecule has 1 aliphatic rings. The van der Waals surface area contributed by atoms with Gasteiger partial charge in [0.15, 0.2) is 0 Å². The van der Waals surface area contributed by atoms with Gasteiger partial charge >= 0.3 is 0 Å². The Bertz CT molecular complexity index is 419. The third-order valence-electron chi connectivity index (χ3n) is 3.92. The van der Waals surface area contributed by atoms with Gasteiger partial charge < -0.3 is 15.6 Å². The third kappa shape index (κ3) is 2.99. The Morgan fingerprint density at radius 3 is 2.58 bits per heavy atom. The molecule has 1 aliphatic heterocycles. The fraction of sp³-hybridized carbons (Fsp3) is 0.786. The minimum absolute atomic E-state index is 0.0220. The van der Waals surface area contributed by atoms with E-state index in [-0.39, 0.29) is 10.8 Å². The molecule has 0 radical (unpaired) electrons. The summed E-state index contributed by atoms with van der Waals surface area (Å²) in [7, 11) is 0. The molecule has 0 bridgehead atoms. The zero-order valence-corrected chi connectivity index (χ0v) is 12.8. The summed E-state index contributed by atoms with van der Waals surface area (Å²) in [4.78, 5) is 4.62. The molecule has 0 saturated carbocycles. The fourth-order valence-corrected chi connectivity index (χ4v) is 3.36. The van der Waals surface area contributed by atoms with Gasteiger partial charge in [-0.05, 0) is 12.8 Å². The molecule has 2 rings (SSSR count). The Balaban J connectivity index is 2.22. The second-order valence-electron chi connectivity index (χ2n) is 6.41. The number of aliphatic hydroxyl groups is 1. The van der Waals surface area contributed by atoms with Crippen LogP contribution in [0.5, 0.6) is 0 Å². The van der Waals surface area contributed by atoms with E-state index in [1.165, 1.54) is 0 Å². The van der Waals surface area contributed by atoms with Crippen LogP contribution in [-0.4, -0.2) is 29.8 Å². The highest BCUT2D eigenvalue weighted by atomic mass is 32.1. The van der Waals surface area contributed by atoms with Gasteiger partial charge in [-0.15, -0.1) is 11.3 Å². The lowest BCUT2D eigenvalue weighted by molar-refractivity contribution is -0.0596. The molecule has 0 aliphatic carbocycles. The average molecular weight is 284 g/mol. The number of ether oxygens (including phenoxy) is 1. The summed E-state index contributed by atoms with van der Waals surface area (Å²) in [5.41, 5.74) is 6.44. The van der Waals surface area contributed by atoms with Gasteiger partial charge in [-0.3, -0.25) is 0 Å². The van der Waals surface area contributed by atoms with Crippen molar-refractivity contribution in [2.24, 2.45) is 11.1 Å². The standard InChI is InChI=1S/C14H24N2O2S/c1-13(2,3)12-16-10(8-19-12)11(17)14(9-15)4-6-18-7-5-14/h8,11,17H,4-7,9,15H2,1-3H3. The molecule has 4 nitrogen and oxygen atoms in total. The number of thiazole rings is 1. The van der Waals surface area contributed by atoms with Crippen molar-refractivity contribution in [1.82, 2.24) is 4.98 Å². The normalized spacial score (nSPS) is 21.3. The molecule has 0 amide bonds. The molecule has 19 heavy (non-hydrogen) atoms. The van der Waals surface area contributed by atoms with E-state index < -0.39 is 6.10 Å². The zero-order valence-electron chi connectivity index (χ0n) is 12.0. The molecule has 3 N–H and O–H groups in total. The highest BCUT2D eigenvalue weighted by Gasteiger charge is 2.40. The first-order valence-corrected chi connectivity index (χ1v) is 7.69. The van der Waals surface area contributed by atoms with Crippen LogP contribution in [0.2, 0.25) is 0 Å². The molecule has 1 saturated heterocycles. The van der Waals surface area contributed by atoms with Crippen molar-refractivity contribution in [3.05, 3.63) is 16.1 Å². The van der Waals surface area contributed by atoms with Crippen LogP contribution in [0.1, 0.15) is 50.4 Å². The van der Waals surface area contributed by atoms with E-state index in [0.717, 1.165) is 23.5 Å². The lowest BCUT2D eigenvalue weighted by atomic mass is 9.74. The molecular formula is C14H24N2O2S. The summed E-state index contributed by atoms with van der Waals surface area (Å²) in [5, 5.41) is 13.7. The van der Waals surface area contributed by atoms with Crippen molar-refractivity contribution in [3.63, 3.8) is 0 Å². The molecule has 0 aromatic carbocycles. The average Bonchev–Trinajstić information content (AvgIpc) is 2.88. The van der Waals surface area contributed by atoms with Crippen molar-refractivity contribution >= 4 is 11.3 Å². The molecule has 0 spiro atoms. The molecule has 1 aromatic heterocycles. The SMILES string of the molecule is CC(C)(C)c1nc(C(O)C2(CN)CCOCC2)cs1. The molecule has 1 aromatic rings. The maximum absolute atomic E-state index is 10.7. The number of aliphatic hydroxyl groups excluding tert-OH is 1. The lowest BCUT2D eigenvalue weighted by Crippen LogP contribution is -2.41. The number of aromatic nitrogens is 1. The smallest absolute Gasteiger partial charge is 0.104 e. The van der Waals surface area contributed by atoms with E-state index >= 15 is 0 Å². The van der Waals surface area contributed by atoms with Crippen molar-refractivity contribution in [1.29, 1.82) is 0 Å². The van der Waals surface area contributed by atoms with Crippen LogP contribution >= 0.6 is 11.3 Å². The first-order valence-electron chi connectivity index (χ1n) is 6.81. The van der Waals surface area contributed by atoms with E-state index in [2.05, 4.69) is 25.8 Å². The minimum Gasteiger partial charge on any atom is -0.386 e. The predicted octanol–water partition coefficient (Wildman–Crippen LogP) is 2.23. The Morgan fingerprint density at radius 1 is 1.47 bits per heavy atom. The Hall–Kier alpha value is -0.490. The summed E-state index contributed by atoms with van der Waals surface area (Å²) in [6.45, 7) is 8.22. The monoisotopic (exact) mass is 284 g/mol. The van der Waals surface area contributed by atoms with Gasteiger partial charge in [0.25, 0.3) is 0 Å². The summed E-state index contributed by atoms with van der Waals surface area (Å²) in [5.74, 6) is 0. The maximum Gasteiger partial charge on any atom is 0.104 e. The fourth-order valence-electron chi connectivity index (χ4n) is 2.44. The van der Waals surface area contributed by atoms with Crippen LogP contribution in [0.3, 0.4) is 0 Å². The van der Waals surface area contributed by atoms with Gasteiger partial charge in [0, 0.05) is 36.0 Å². The van der Waals surface area contributed by atoms with Crippen LogP contribution in [0, 0.1) is 5.41 Å². The molecule has 1 unspecified atom stereocenters. The number of nitrogens with two attached hydrogens (primary N) is 1. The molecular weight excluding hydrogens is 260 g/mol. The van der Waals surface area contributed by atoms with Gasteiger partial charge in [0.1, 0.15) is 6.10 Å². The van der Waals surface area contributed by atoms with Gasteiger partial charge in [-0.1, -0.05) is 20.8 Å². The van der Waals surface area contributed by atoms with Crippen LogP contribution in [0.15, 0.2) is 5.38 Å². The quantitative estimate of drug-likeness (QED) is 0.893. The van der Waals surface area contributed by atoms with E-state index in [0.29, 0.717) is 19.8 Å². The van der Waals surface area contributed by atoms with Crippen LogP contribution < -0.4 is 5.73 Å². The number of hydrogen-bond donors (Lipinski definition) is 2. The summed E-state index contributed by atoms with van der Waals surface area (Å²) in [6, 6.07) is 0.